The fourth-order valence-corrected chi connectivity index (χ4v) is 1.29. The van der Waals surface area contributed by atoms with Gasteiger partial charge in [-0.05, 0) is 24.8 Å². The molecular weight excluding hydrogens is 172 g/mol. The Labute approximate surface area is 78.5 Å². The van der Waals surface area contributed by atoms with Crippen LogP contribution in [-0.2, 0) is 13.0 Å². The number of hydrogen-bond acceptors (Lipinski definition) is 1. The number of hydrogen-bond donors (Lipinski definition) is 0. The van der Waals surface area contributed by atoms with Gasteiger partial charge in [0.1, 0.15) is 0 Å². The van der Waals surface area contributed by atoms with Gasteiger partial charge >= 0.3 is 0 Å². The number of alkyl halides is 1. The molecule has 1 aromatic heterocycles. The Morgan fingerprint density at radius 1 is 1.58 bits per heavy atom. The van der Waals surface area contributed by atoms with Crippen molar-refractivity contribution in [2.24, 2.45) is 0 Å². The molecule has 0 aliphatic rings. The summed E-state index contributed by atoms with van der Waals surface area (Å²) in [6.07, 6.45) is 7.27. The van der Waals surface area contributed by atoms with E-state index in [1.165, 1.54) is 5.56 Å². The third kappa shape index (κ3) is 2.86. The Bertz CT molecular complexity index is 220. The van der Waals surface area contributed by atoms with Gasteiger partial charge in [-0.3, -0.25) is 4.68 Å². The van der Waals surface area contributed by atoms with Gasteiger partial charge in [-0.1, -0.05) is 6.92 Å². The van der Waals surface area contributed by atoms with Gasteiger partial charge in [-0.2, -0.15) is 5.10 Å². The minimum atomic E-state index is 0.735. The first-order valence-electron chi connectivity index (χ1n) is 4.44. The van der Waals surface area contributed by atoms with Crippen LogP contribution in [0, 0.1) is 0 Å². The van der Waals surface area contributed by atoms with E-state index in [1.54, 1.807) is 0 Å². The molecule has 0 aliphatic heterocycles. The molecule has 0 amide bonds. The van der Waals surface area contributed by atoms with E-state index in [1.807, 2.05) is 10.9 Å². The lowest BCUT2D eigenvalue weighted by atomic mass is 10.2. The van der Waals surface area contributed by atoms with Gasteiger partial charge < -0.3 is 0 Å². The first kappa shape index (κ1) is 9.59. The average molecular weight is 187 g/mol. The van der Waals surface area contributed by atoms with Crippen molar-refractivity contribution in [3.05, 3.63) is 18.0 Å². The largest absolute Gasteiger partial charge is 0.272 e. The third-order valence-corrected chi connectivity index (χ3v) is 2.01. The van der Waals surface area contributed by atoms with Crippen molar-refractivity contribution in [1.82, 2.24) is 9.78 Å². The molecule has 1 rings (SSSR count). The van der Waals surface area contributed by atoms with Crippen LogP contribution in [0.3, 0.4) is 0 Å². The summed E-state index contributed by atoms with van der Waals surface area (Å²) in [6, 6.07) is 0. The van der Waals surface area contributed by atoms with Crippen LogP contribution in [0.4, 0.5) is 0 Å². The lowest BCUT2D eigenvalue weighted by Gasteiger charge is -1.95. The van der Waals surface area contributed by atoms with Crippen LogP contribution < -0.4 is 0 Å². The van der Waals surface area contributed by atoms with Crippen LogP contribution in [0.25, 0.3) is 0 Å². The molecule has 0 aromatic carbocycles. The quantitative estimate of drug-likeness (QED) is 0.646. The van der Waals surface area contributed by atoms with Crippen LogP contribution in [0.5, 0.6) is 0 Å². The molecule has 0 aliphatic carbocycles. The van der Waals surface area contributed by atoms with Crippen molar-refractivity contribution < 1.29 is 0 Å². The highest BCUT2D eigenvalue weighted by Gasteiger charge is 1.96. The molecule has 0 fully saturated rings. The van der Waals surface area contributed by atoms with Crippen LogP contribution in [0.1, 0.15) is 25.3 Å². The highest BCUT2D eigenvalue weighted by molar-refractivity contribution is 6.17. The minimum Gasteiger partial charge on any atom is -0.272 e. The third-order valence-electron chi connectivity index (χ3n) is 1.74. The zero-order chi connectivity index (χ0) is 8.81. The van der Waals surface area contributed by atoms with Crippen molar-refractivity contribution in [2.45, 2.75) is 32.7 Å². The maximum Gasteiger partial charge on any atom is 0.0521 e. The predicted octanol–water partition coefficient (Wildman–Crippen LogP) is 2.46. The van der Waals surface area contributed by atoms with E-state index in [4.69, 9.17) is 11.6 Å². The Balaban J connectivity index is 2.41. The van der Waals surface area contributed by atoms with Gasteiger partial charge in [0.05, 0.1) is 6.20 Å². The summed E-state index contributed by atoms with van der Waals surface area (Å²) in [5.74, 6) is 0.735. The molecule has 0 radical (unpaired) electrons. The average Bonchev–Trinajstić information content (AvgIpc) is 2.50. The van der Waals surface area contributed by atoms with Crippen molar-refractivity contribution in [2.75, 3.05) is 5.88 Å². The summed E-state index contributed by atoms with van der Waals surface area (Å²) in [5.41, 5.74) is 1.30. The molecule has 2 nitrogen and oxygen atoms in total. The van der Waals surface area contributed by atoms with Gasteiger partial charge in [0, 0.05) is 18.6 Å². The summed E-state index contributed by atoms with van der Waals surface area (Å²) in [5, 5.41) is 4.23. The van der Waals surface area contributed by atoms with Gasteiger partial charge in [0.25, 0.3) is 0 Å². The van der Waals surface area contributed by atoms with Crippen molar-refractivity contribution >= 4 is 11.6 Å². The second-order valence-corrected chi connectivity index (χ2v) is 3.28. The fourth-order valence-electron chi connectivity index (χ4n) is 1.16. The van der Waals surface area contributed by atoms with E-state index in [-0.39, 0.29) is 0 Å². The van der Waals surface area contributed by atoms with Gasteiger partial charge in [0.15, 0.2) is 0 Å². The molecule has 1 heterocycles. The lowest BCUT2D eigenvalue weighted by Crippen LogP contribution is -1.95. The zero-order valence-electron chi connectivity index (χ0n) is 7.46. The van der Waals surface area contributed by atoms with E-state index in [2.05, 4.69) is 18.2 Å². The molecule has 0 bridgehead atoms. The minimum absolute atomic E-state index is 0.735. The Hall–Kier alpha value is -0.500. The van der Waals surface area contributed by atoms with Crippen molar-refractivity contribution in [3.8, 4) is 0 Å². The molecule has 0 atom stereocenters. The van der Waals surface area contributed by atoms with Crippen LogP contribution in [0.2, 0.25) is 0 Å². The fraction of sp³-hybridized carbons (Fsp3) is 0.667. The van der Waals surface area contributed by atoms with E-state index in [0.29, 0.717) is 0 Å². The zero-order valence-corrected chi connectivity index (χ0v) is 8.22. The molecule has 0 saturated carbocycles. The normalized spacial score (nSPS) is 10.5. The van der Waals surface area contributed by atoms with E-state index in [0.717, 1.165) is 31.7 Å². The highest BCUT2D eigenvalue weighted by atomic mass is 35.5. The molecule has 0 N–H and O–H groups in total. The molecule has 12 heavy (non-hydrogen) atoms. The first-order chi connectivity index (χ1) is 5.86. The van der Waals surface area contributed by atoms with Crippen molar-refractivity contribution in [3.63, 3.8) is 0 Å². The standard InChI is InChI=1S/C9H15ClN2/c1-2-6-12-8-9(7-11-12)4-3-5-10/h7-8H,2-6H2,1H3. The summed E-state index contributed by atoms with van der Waals surface area (Å²) in [6.45, 7) is 3.17. The molecule has 3 heteroatoms. The first-order valence-corrected chi connectivity index (χ1v) is 4.97. The Morgan fingerprint density at radius 3 is 3.08 bits per heavy atom. The Kier molecular flexibility index (Phi) is 4.15. The molecule has 0 spiro atoms. The maximum atomic E-state index is 5.59. The second kappa shape index (κ2) is 5.20. The summed E-state index contributed by atoms with van der Waals surface area (Å²) < 4.78 is 1.99. The molecule has 1 aromatic rings. The van der Waals surface area contributed by atoms with Gasteiger partial charge in [0.2, 0.25) is 0 Å². The van der Waals surface area contributed by atoms with E-state index >= 15 is 0 Å². The number of rotatable bonds is 5. The molecular formula is C9H15ClN2. The lowest BCUT2D eigenvalue weighted by molar-refractivity contribution is 0.602. The van der Waals surface area contributed by atoms with E-state index < -0.39 is 0 Å². The molecule has 0 saturated heterocycles. The predicted molar refractivity (Wildman–Crippen MR) is 51.6 cm³/mol. The SMILES string of the molecule is CCCn1cc(CCCCl)cn1. The molecule has 0 unspecified atom stereocenters. The molecule has 68 valence electrons. The second-order valence-electron chi connectivity index (χ2n) is 2.90. The summed E-state index contributed by atoms with van der Waals surface area (Å²) in [4.78, 5) is 0. The number of nitrogens with zero attached hydrogens (tertiary/aromatic N) is 2. The number of aryl methyl sites for hydroxylation is 2. The summed E-state index contributed by atoms with van der Waals surface area (Å²) >= 11 is 5.59. The number of aromatic nitrogens is 2. The topological polar surface area (TPSA) is 17.8 Å². The monoisotopic (exact) mass is 186 g/mol. The van der Waals surface area contributed by atoms with Gasteiger partial charge in [-0.15, -0.1) is 11.6 Å². The number of halogens is 1. The Morgan fingerprint density at radius 2 is 2.42 bits per heavy atom. The van der Waals surface area contributed by atoms with Crippen LogP contribution >= 0.6 is 11.6 Å². The van der Waals surface area contributed by atoms with Crippen molar-refractivity contribution in [1.29, 1.82) is 0 Å². The summed E-state index contributed by atoms with van der Waals surface area (Å²) in [7, 11) is 0. The van der Waals surface area contributed by atoms with Crippen LogP contribution in [-0.4, -0.2) is 15.7 Å². The highest BCUT2D eigenvalue weighted by Crippen LogP contribution is 2.02. The van der Waals surface area contributed by atoms with Crippen LogP contribution in [0.15, 0.2) is 12.4 Å². The van der Waals surface area contributed by atoms with E-state index in [9.17, 15) is 0 Å². The smallest absolute Gasteiger partial charge is 0.0521 e. The van der Waals surface area contributed by atoms with Gasteiger partial charge in [-0.25, -0.2) is 0 Å². The maximum absolute atomic E-state index is 5.59.